The van der Waals surface area contributed by atoms with Gasteiger partial charge in [-0.25, -0.2) is 0 Å². The SMILES string of the molecule is CC1(C)CN(C2CC2)C(=O)C(C)(C)N1. The lowest BCUT2D eigenvalue weighted by molar-refractivity contribution is -0.144. The van der Waals surface area contributed by atoms with E-state index in [1.54, 1.807) is 0 Å². The van der Waals surface area contributed by atoms with Crippen molar-refractivity contribution in [2.24, 2.45) is 0 Å². The zero-order valence-corrected chi connectivity index (χ0v) is 9.55. The molecule has 0 aromatic rings. The Kier molecular flexibility index (Phi) is 1.94. The summed E-state index contributed by atoms with van der Waals surface area (Å²) in [7, 11) is 0. The second kappa shape index (κ2) is 2.72. The largest absolute Gasteiger partial charge is 0.336 e. The van der Waals surface area contributed by atoms with Gasteiger partial charge in [0.25, 0.3) is 0 Å². The van der Waals surface area contributed by atoms with Crippen LogP contribution in [0.2, 0.25) is 0 Å². The number of rotatable bonds is 1. The summed E-state index contributed by atoms with van der Waals surface area (Å²) in [4.78, 5) is 14.1. The van der Waals surface area contributed by atoms with Crippen molar-refractivity contribution in [2.45, 2.75) is 57.7 Å². The maximum atomic E-state index is 12.1. The fourth-order valence-electron chi connectivity index (χ4n) is 2.48. The first kappa shape index (κ1) is 9.97. The average molecular weight is 196 g/mol. The highest BCUT2D eigenvalue weighted by Gasteiger charge is 2.47. The van der Waals surface area contributed by atoms with E-state index in [0.29, 0.717) is 6.04 Å². The molecule has 2 rings (SSSR count). The van der Waals surface area contributed by atoms with E-state index in [1.807, 2.05) is 13.8 Å². The third-order valence-corrected chi connectivity index (χ3v) is 3.00. The van der Waals surface area contributed by atoms with Crippen LogP contribution in [0.3, 0.4) is 0 Å². The molecule has 0 radical (unpaired) electrons. The Balaban J connectivity index is 2.21. The van der Waals surface area contributed by atoms with Crippen LogP contribution < -0.4 is 5.32 Å². The molecule has 1 aliphatic heterocycles. The summed E-state index contributed by atoms with van der Waals surface area (Å²) in [5.74, 6) is 0.263. The van der Waals surface area contributed by atoms with Gasteiger partial charge in [-0.15, -0.1) is 0 Å². The molecule has 0 aromatic heterocycles. The molecule has 1 heterocycles. The second-order valence-electron chi connectivity index (χ2n) is 5.80. The minimum absolute atomic E-state index is 0.0417. The molecule has 2 aliphatic rings. The van der Waals surface area contributed by atoms with E-state index in [1.165, 1.54) is 12.8 Å². The predicted octanol–water partition coefficient (Wildman–Crippen LogP) is 1.14. The zero-order valence-electron chi connectivity index (χ0n) is 9.55. The Morgan fingerprint density at radius 3 is 2.36 bits per heavy atom. The van der Waals surface area contributed by atoms with E-state index in [9.17, 15) is 4.79 Å². The number of carbonyl (C=O) groups excluding carboxylic acids is 1. The number of amides is 1. The third kappa shape index (κ3) is 1.65. The molecule has 1 amide bonds. The van der Waals surface area contributed by atoms with E-state index >= 15 is 0 Å². The molecule has 80 valence electrons. The van der Waals surface area contributed by atoms with E-state index in [4.69, 9.17) is 0 Å². The second-order valence-corrected chi connectivity index (χ2v) is 5.80. The summed E-state index contributed by atoms with van der Waals surface area (Å²) < 4.78 is 0. The van der Waals surface area contributed by atoms with E-state index in [0.717, 1.165) is 6.54 Å². The van der Waals surface area contributed by atoms with Gasteiger partial charge < -0.3 is 4.90 Å². The van der Waals surface area contributed by atoms with Crippen LogP contribution in [-0.4, -0.2) is 34.5 Å². The van der Waals surface area contributed by atoms with Gasteiger partial charge in [0, 0.05) is 18.1 Å². The molecule has 0 aromatic carbocycles. The highest BCUT2D eigenvalue weighted by atomic mass is 16.2. The Morgan fingerprint density at radius 2 is 1.86 bits per heavy atom. The molecule has 1 saturated carbocycles. The van der Waals surface area contributed by atoms with Crippen LogP contribution >= 0.6 is 0 Å². The summed E-state index contributed by atoms with van der Waals surface area (Å²) in [6, 6.07) is 0.531. The number of nitrogens with one attached hydrogen (secondary N) is 1. The lowest BCUT2D eigenvalue weighted by atomic mass is 9.90. The molecule has 0 atom stereocenters. The molecule has 0 spiro atoms. The average Bonchev–Trinajstić information content (AvgIpc) is 2.76. The number of hydrogen-bond donors (Lipinski definition) is 1. The molecule has 14 heavy (non-hydrogen) atoms. The van der Waals surface area contributed by atoms with Crippen molar-refractivity contribution in [1.82, 2.24) is 10.2 Å². The van der Waals surface area contributed by atoms with Gasteiger partial charge >= 0.3 is 0 Å². The minimum atomic E-state index is -0.398. The zero-order chi connectivity index (χ0) is 10.6. The molecule has 2 fully saturated rings. The molecule has 1 N–H and O–H groups in total. The van der Waals surface area contributed by atoms with Crippen LogP contribution in [0, 0.1) is 0 Å². The first-order chi connectivity index (χ1) is 6.32. The van der Waals surface area contributed by atoms with Crippen molar-refractivity contribution in [2.75, 3.05) is 6.54 Å². The molecule has 0 bridgehead atoms. The Bertz CT molecular complexity index is 266. The van der Waals surface area contributed by atoms with Crippen LogP contribution in [-0.2, 0) is 4.79 Å². The van der Waals surface area contributed by atoms with Gasteiger partial charge in [0.15, 0.2) is 0 Å². The number of piperazine rings is 1. The van der Waals surface area contributed by atoms with E-state index in [2.05, 4.69) is 24.1 Å². The van der Waals surface area contributed by atoms with Gasteiger partial charge in [0.05, 0.1) is 5.54 Å². The normalized spacial score (nSPS) is 30.6. The molecule has 1 aliphatic carbocycles. The summed E-state index contributed by atoms with van der Waals surface area (Å²) in [6.07, 6.45) is 2.38. The lowest BCUT2D eigenvalue weighted by Gasteiger charge is -2.47. The number of nitrogens with zero attached hydrogens (tertiary/aromatic N) is 1. The fourth-order valence-corrected chi connectivity index (χ4v) is 2.48. The lowest BCUT2D eigenvalue weighted by Crippen LogP contribution is -2.70. The number of carbonyl (C=O) groups is 1. The maximum Gasteiger partial charge on any atom is 0.242 e. The highest BCUT2D eigenvalue weighted by Crippen LogP contribution is 2.33. The Hall–Kier alpha value is -0.570. The molecule has 0 unspecified atom stereocenters. The topological polar surface area (TPSA) is 32.3 Å². The van der Waals surface area contributed by atoms with Crippen LogP contribution in [0.1, 0.15) is 40.5 Å². The van der Waals surface area contributed by atoms with Gasteiger partial charge in [-0.05, 0) is 40.5 Å². The van der Waals surface area contributed by atoms with Crippen molar-refractivity contribution in [3.8, 4) is 0 Å². The van der Waals surface area contributed by atoms with E-state index < -0.39 is 5.54 Å². The Labute approximate surface area is 85.8 Å². The van der Waals surface area contributed by atoms with Gasteiger partial charge in [-0.1, -0.05) is 0 Å². The third-order valence-electron chi connectivity index (χ3n) is 3.00. The van der Waals surface area contributed by atoms with Crippen LogP contribution in [0.25, 0.3) is 0 Å². The van der Waals surface area contributed by atoms with Gasteiger partial charge in [-0.2, -0.15) is 0 Å². The standard InChI is InChI=1S/C11H20N2O/c1-10(2)7-13(8-5-6-8)9(14)11(3,4)12-10/h8,12H,5-7H2,1-4H3. The van der Waals surface area contributed by atoms with Gasteiger partial charge in [0.2, 0.25) is 5.91 Å². The smallest absolute Gasteiger partial charge is 0.242 e. The highest BCUT2D eigenvalue weighted by molar-refractivity contribution is 5.87. The maximum absolute atomic E-state index is 12.1. The summed E-state index contributed by atoms with van der Waals surface area (Å²) in [5, 5.41) is 3.40. The first-order valence-electron chi connectivity index (χ1n) is 5.42. The van der Waals surface area contributed by atoms with Crippen LogP contribution in [0.5, 0.6) is 0 Å². The van der Waals surface area contributed by atoms with Crippen molar-refractivity contribution in [3.63, 3.8) is 0 Å². The molecule has 3 nitrogen and oxygen atoms in total. The van der Waals surface area contributed by atoms with Crippen LogP contribution in [0.15, 0.2) is 0 Å². The minimum Gasteiger partial charge on any atom is -0.336 e. The van der Waals surface area contributed by atoms with Crippen molar-refractivity contribution >= 4 is 5.91 Å². The van der Waals surface area contributed by atoms with Crippen molar-refractivity contribution < 1.29 is 4.79 Å². The number of hydrogen-bond acceptors (Lipinski definition) is 2. The Morgan fingerprint density at radius 1 is 1.29 bits per heavy atom. The van der Waals surface area contributed by atoms with E-state index in [-0.39, 0.29) is 11.4 Å². The first-order valence-corrected chi connectivity index (χ1v) is 5.42. The van der Waals surface area contributed by atoms with Crippen molar-refractivity contribution in [3.05, 3.63) is 0 Å². The molecular weight excluding hydrogens is 176 g/mol. The van der Waals surface area contributed by atoms with Crippen LogP contribution in [0.4, 0.5) is 0 Å². The fraction of sp³-hybridized carbons (Fsp3) is 0.909. The summed E-state index contributed by atoms with van der Waals surface area (Å²) in [6.45, 7) is 9.13. The molecule has 1 saturated heterocycles. The van der Waals surface area contributed by atoms with Gasteiger partial charge in [-0.3, -0.25) is 10.1 Å². The predicted molar refractivity (Wildman–Crippen MR) is 56.0 cm³/mol. The molecule has 3 heteroatoms. The van der Waals surface area contributed by atoms with Crippen molar-refractivity contribution in [1.29, 1.82) is 0 Å². The summed E-state index contributed by atoms with van der Waals surface area (Å²) >= 11 is 0. The van der Waals surface area contributed by atoms with Gasteiger partial charge in [0.1, 0.15) is 0 Å². The summed E-state index contributed by atoms with van der Waals surface area (Å²) in [5.41, 5.74) is -0.357. The quantitative estimate of drug-likeness (QED) is 0.682. The molecular formula is C11H20N2O. The monoisotopic (exact) mass is 196 g/mol.